The van der Waals surface area contributed by atoms with Gasteiger partial charge in [0.25, 0.3) is 5.56 Å². The molecule has 2 aromatic heterocycles. The first kappa shape index (κ1) is 13.9. The Kier molecular flexibility index (Phi) is 3.77. The van der Waals surface area contributed by atoms with Crippen molar-refractivity contribution < 1.29 is 0 Å². The van der Waals surface area contributed by atoms with Crippen LogP contribution >= 0.6 is 0 Å². The van der Waals surface area contributed by atoms with Crippen molar-refractivity contribution >= 4 is 5.69 Å². The van der Waals surface area contributed by atoms with E-state index in [-0.39, 0.29) is 5.56 Å². The highest BCUT2D eigenvalue weighted by Gasteiger charge is 2.20. The minimum absolute atomic E-state index is 0.102. The van der Waals surface area contributed by atoms with Gasteiger partial charge in [0.1, 0.15) is 0 Å². The van der Waals surface area contributed by atoms with E-state index in [1.54, 1.807) is 12.3 Å². The standard InChI is InChI=1S/C15H21N5O/c1-11(2)19-6-5-13(18-19)10-20-15(21)7-14(9-17-20)16-8-12-3-4-12/h5-7,9,11-12,16H,3-4,8,10H2,1-2H3. The monoisotopic (exact) mass is 287 g/mol. The van der Waals surface area contributed by atoms with Crippen LogP contribution in [0.3, 0.4) is 0 Å². The summed E-state index contributed by atoms with van der Waals surface area (Å²) in [6.45, 7) is 5.48. The zero-order valence-corrected chi connectivity index (χ0v) is 12.5. The van der Waals surface area contributed by atoms with Crippen molar-refractivity contribution in [2.45, 2.75) is 39.3 Å². The van der Waals surface area contributed by atoms with Gasteiger partial charge in [-0.3, -0.25) is 9.48 Å². The molecular formula is C15H21N5O. The van der Waals surface area contributed by atoms with Crippen LogP contribution in [0, 0.1) is 5.92 Å². The van der Waals surface area contributed by atoms with Gasteiger partial charge in [-0.05, 0) is 38.7 Å². The minimum Gasteiger partial charge on any atom is -0.383 e. The molecular weight excluding hydrogens is 266 g/mol. The lowest BCUT2D eigenvalue weighted by atomic mass is 10.4. The molecule has 1 fully saturated rings. The van der Waals surface area contributed by atoms with Crippen molar-refractivity contribution in [1.82, 2.24) is 19.6 Å². The Labute approximate surface area is 123 Å². The number of nitrogens with zero attached hydrogens (tertiary/aromatic N) is 4. The number of hydrogen-bond donors (Lipinski definition) is 1. The fourth-order valence-corrected chi connectivity index (χ4v) is 2.14. The lowest BCUT2D eigenvalue weighted by molar-refractivity contribution is 0.518. The van der Waals surface area contributed by atoms with Crippen LogP contribution in [-0.2, 0) is 6.54 Å². The quantitative estimate of drug-likeness (QED) is 0.881. The Balaban J connectivity index is 1.68. The van der Waals surface area contributed by atoms with E-state index in [0.717, 1.165) is 23.8 Å². The van der Waals surface area contributed by atoms with Crippen LogP contribution in [0.15, 0.2) is 29.3 Å². The third kappa shape index (κ3) is 3.51. The summed E-state index contributed by atoms with van der Waals surface area (Å²) in [4.78, 5) is 12.1. The molecule has 0 spiro atoms. The van der Waals surface area contributed by atoms with E-state index in [0.29, 0.717) is 12.6 Å². The van der Waals surface area contributed by atoms with Crippen LogP contribution in [0.1, 0.15) is 38.4 Å². The zero-order valence-electron chi connectivity index (χ0n) is 12.5. The Morgan fingerprint density at radius 1 is 1.43 bits per heavy atom. The van der Waals surface area contributed by atoms with Crippen LogP contribution in [0.4, 0.5) is 5.69 Å². The summed E-state index contributed by atoms with van der Waals surface area (Å²) in [6.07, 6.45) is 6.21. The molecule has 0 atom stereocenters. The Bertz CT molecular complexity index is 669. The molecule has 6 heteroatoms. The average Bonchev–Trinajstić information content (AvgIpc) is 3.16. The van der Waals surface area contributed by atoms with Crippen LogP contribution in [-0.4, -0.2) is 26.1 Å². The highest BCUT2D eigenvalue weighted by atomic mass is 16.1. The van der Waals surface area contributed by atoms with Gasteiger partial charge in [0, 0.05) is 24.8 Å². The molecule has 21 heavy (non-hydrogen) atoms. The minimum atomic E-state index is -0.102. The van der Waals surface area contributed by atoms with Gasteiger partial charge in [0.15, 0.2) is 0 Å². The van der Waals surface area contributed by atoms with E-state index < -0.39 is 0 Å². The molecule has 0 radical (unpaired) electrons. The van der Waals surface area contributed by atoms with E-state index in [9.17, 15) is 4.79 Å². The topological polar surface area (TPSA) is 64.7 Å². The summed E-state index contributed by atoms with van der Waals surface area (Å²) < 4.78 is 3.32. The summed E-state index contributed by atoms with van der Waals surface area (Å²) in [5, 5.41) is 11.9. The number of anilines is 1. The largest absolute Gasteiger partial charge is 0.383 e. The number of hydrogen-bond acceptors (Lipinski definition) is 4. The first-order chi connectivity index (χ1) is 10.1. The van der Waals surface area contributed by atoms with Crippen LogP contribution in [0.5, 0.6) is 0 Å². The van der Waals surface area contributed by atoms with Crippen molar-refractivity contribution in [1.29, 1.82) is 0 Å². The van der Waals surface area contributed by atoms with Gasteiger partial charge >= 0.3 is 0 Å². The van der Waals surface area contributed by atoms with Gasteiger partial charge in [-0.2, -0.15) is 10.2 Å². The van der Waals surface area contributed by atoms with Crippen molar-refractivity contribution in [2.24, 2.45) is 5.92 Å². The maximum atomic E-state index is 12.1. The third-order valence-corrected chi connectivity index (χ3v) is 3.67. The van der Waals surface area contributed by atoms with Gasteiger partial charge in [-0.25, -0.2) is 4.68 Å². The molecule has 0 amide bonds. The summed E-state index contributed by atoms with van der Waals surface area (Å²) >= 11 is 0. The second-order valence-electron chi connectivity index (χ2n) is 5.95. The lowest BCUT2D eigenvalue weighted by Gasteiger charge is -2.07. The molecule has 2 aromatic rings. The molecule has 0 unspecified atom stereocenters. The summed E-state index contributed by atoms with van der Waals surface area (Å²) in [5.74, 6) is 0.771. The van der Waals surface area contributed by atoms with Gasteiger partial charge in [-0.1, -0.05) is 0 Å². The zero-order chi connectivity index (χ0) is 14.8. The maximum absolute atomic E-state index is 12.1. The summed E-state index contributed by atoms with van der Waals surface area (Å²) in [6, 6.07) is 3.85. The molecule has 2 heterocycles. The Morgan fingerprint density at radius 3 is 2.86 bits per heavy atom. The fourth-order valence-electron chi connectivity index (χ4n) is 2.14. The van der Waals surface area contributed by atoms with Crippen LogP contribution in [0.2, 0.25) is 0 Å². The summed E-state index contributed by atoms with van der Waals surface area (Å²) in [7, 11) is 0. The molecule has 0 aliphatic heterocycles. The second kappa shape index (κ2) is 5.71. The molecule has 3 rings (SSSR count). The molecule has 1 aliphatic carbocycles. The molecule has 0 aromatic carbocycles. The van der Waals surface area contributed by atoms with Crippen molar-refractivity contribution in [2.75, 3.05) is 11.9 Å². The Hall–Kier alpha value is -2.11. The van der Waals surface area contributed by atoms with E-state index in [1.807, 2.05) is 16.9 Å². The molecule has 6 nitrogen and oxygen atoms in total. The van der Waals surface area contributed by atoms with E-state index in [4.69, 9.17) is 0 Å². The highest BCUT2D eigenvalue weighted by Crippen LogP contribution is 2.28. The third-order valence-electron chi connectivity index (χ3n) is 3.67. The first-order valence-corrected chi connectivity index (χ1v) is 7.47. The maximum Gasteiger partial charge on any atom is 0.269 e. The summed E-state index contributed by atoms with van der Waals surface area (Å²) in [5.41, 5.74) is 1.54. The lowest BCUT2D eigenvalue weighted by Crippen LogP contribution is -2.23. The Morgan fingerprint density at radius 2 is 2.24 bits per heavy atom. The predicted molar refractivity (Wildman–Crippen MR) is 81.4 cm³/mol. The van der Waals surface area contributed by atoms with E-state index >= 15 is 0 Å². The second-order valence-corrected chi connectivity index (χ2v) is 5.95. The van der Waals surface area contributed by atoms with Gasteiger partial charge in [0.05, 0.1) is 24.1 Å². The highest BCUT2D eigenvalue weighted by molar-refractivity contribution is 5.39. The number of nitrogens with one attached hydrogen (secondary N) is 1. The van der Waals surface area contributed by atoms with E-state index in [2.05, 4.69) is 29.4 Å². The van der Waals surface area contributed by atoms with Crippen molar-refractivity contribution in [3.8, 4) is 0 Å². The van der Waals surface area contributed by atoms with Crippen LogP contribution in [0.25, 0.3) is 0 Å². The van der Waals surface area contributed by atoms with Crippen molar-refractivity contribution in [3.05, 3.63) is 40.6 Å². The molecule has 1 saturated carbocycles. The van der Waals surface area contributed by atoms with Crippen LogP contribution < -0.4 is 10.9 Å². The predicted octanol–water partition coefficient (Wildman–Crippen LogP) is 1.89. The normalized spacial score (nSPS) is 14.6. The van der Waals surface area contributed by atoms with E-state index in [1.165, 1.54) is 17.5 Å². The smallest absolute Gasteiger partial charge is 0.269 e. The molecule has 0 saturated heterocycles. The number of aromatic nitrogens is 4. The average molecular weight is 287 g/mol. The molecule has 112 valence electrons. The SMILES string of the molecule is CC(C)n1ccc(Cn2ncc(NCC3CC3)cc2=O)n1. The fraction of sp³-hybridized carbons (Fsp3) is 0.533. The van der Waals surface area contributed by atoms with Gasteiger partial charge in [0.2, 0.25) is 0 Å². The van der Waals surface area contributed by atoms with Crippen molar-refractivity contribution in [3.63, 3.8) is 0 Å². The molecule has 1 N–H and O–H groups in total. The van der Waals surface area contributed by atoms with Gasteiger partial charge < -0.3 is 5.32 Å². The first-order valence-electron chi connectivity index (χ1n) is 7.47. The number of rotatable bonds is 6. The molecule has 0 bridgehead atoms. The molecule has 1 aliphatic rings. The van der Waals surface area contributed by atoms with Gasteiger partial charge in [-0.15, -0.1) is 0 Å².